The zero-order chi connectivity index (χ0) is 17.0. The predicted molar refractivity (Wildman–Crippen MR) is 90.0 cm³/mol. The number of likely N-dealkylation sites (N-methyl/N-ethyl adjacent to an activating group) is 1. The highest BCUT2D eigenvalue weighted by Crippen LogP contribution is 2.20. The van der Waals surface area contributed by atoms with E-state index in [4.69, 9.17) is 16.7 Å². The number of halogens is 1. The normalized spacial score (nSPS) is 18.8. The molecule has 1 aromatic rings. The Morgan fingerprint density at radius 3 is 2.74 bits per heavy atom. The molecular weight excluding hydrogens is 316 g/mol. The number of nitrogens with zero attached hydrogens (tertiary/aromatic N) is 2. The van der Waals surface area contributed by atoms with E-state index in [1.807, 2.05) is 29.8 Å². The topological polar surface area (TPSA) is 60.9 Å². The fraction of sp³-hybridized carbons (Fsp3) is 0.529. The van der Waals surface area contributed by atoms with Gasteiger partial charge in [-0.05, 0) is 57.0 Å². The highest BCUT2D eigenvalue weighted by molar-refractivity contribution is 6.31. The Hall–Kier alpha value is -1.59. The average Bonchev–Trinajstić information content (AvgIpc) is 2.74. The van der Waals surface area contributed by atoms with Crippen molar-refractivity contribution >= 4 is 23.5 Å². The van der Waals surface area contributed by atoms with E-state index in [9.17, 15) is 9.59 Å². The van der Waals surface area contributed by atoms with Gasteiger partial charge in [0.15, 0.2) is 0 Å². The maximum Gasteiger partial charge on any atom is 0.317 e. The number of aliphatic carboxylic acids is 1. The number of hydrogen-bond acceptors (Lipinski definition) is 3. The van der Waals surface area contributed by atoms with Gasteiger partial charge in [-0.1, -0.05) is 11.6 Å². The van der Waals surface area contributed by atoms with Crippen LogP contribution in [0.4, 0.5) is 0 Å². The lowest BCUT2D eigenvalue weighted by Gasteiger charge is -2.25. The van der Waals surface area contributed by atoms with Crippen molar-refractivity contribution in [2.24, 2.45) is 0 Å². The Kier molecular flexibility index (Phi) is 6.02. The first-order chi connectivity index (χ1) is 10.9. The first-order valence-electron chi connectivity index (χ1n) is 7.86. The summed E-state index contributed by atoms with van der Waals surface area (Å²) in [6, 6.07) is 5.54. The summed E-state index contributed by atoms with van der Waals surface area (Å²) in [5.41, 5.74) is 1.55. The number of likely N-dealkylation sites (tertiary alicyclic amines) is 1. The molecule has 1 fully saturated rings. The van der Waals surface area contributed by atoms with E-state index in [2.05, 4.69) is 0 Å². The molecule has 2 rings (SSSR count). The minimum atomic E-state index is -0.818. The van der Waals surface area contributed by atoms with E-state index >= 15 is 0 Å². The summed E-state index contributed by atoms with van der Waals surface area (Å²) in [7, 11) is 1.83. The Morgan fingerprint density at radius 2 is 2.09 bits per heavy atom. The van der Waals surface area contributed by atoms with Crippen LogP contribution >= 0.6 is 11.6 Å². The number of carboxylic acid groups (broad SMARTS) is 1. The first-order valence-corrected chi connectivity index (χ1v) is 8.23. The summed E-state index contributed by atoms with van der Waals surface area (Å²) >= 11 is 6.01. The van der Waals surface area contributed by atoms with Crippen LogP contribution in [0, 0.1) is 6.92 Å². The fourth-order valence-electron chi connectivity index (χ4n) is 3.03. The van der Waals surface area contributed by atoms with Gasteiger partial charge >= 0.3 is 5.97 Å². The number of rotatable bonds is 4. The van der Waals surface area contributed by atoms with Gasteiger partial charge in [0.05, 0.1) is 6.54 Å². The first kappa shape index (κ1) is 17.8. The molecule has 0 bridgehead atoms. The van der Waals surface area contributed by atoms with Crippen molar-refractivity contribution in [3.8, 4) is 0 Å². The number of carbonyl (C=O) groups is 2. The molecule has 0 aliphatic carbocycles. The van der Waals surface area contributed by atoms with Gasteiger partial charge in [0, 0.05) is 29.7 Å². The van der Waals surface area contributed by atoms with Gasteiger partial charge in [0.2, 0.25) is 0 Å². The van der Waals surface area contributed by atoms with Gasteiger partial charge in [-0.3, -0.25) is 14.5 Å². The van der Waals surface area contributed by atoms with Gasteiger partial charge in [-0.25, -0.2) is 0 Å². The third-order valence-corrected chi connectivity index (χ3v) is 4.82. The molecule has 1 heterocycles. The third kappa shape index (κ3) is 4.69. The van der Waals surface area contributed by atoms with Crippen LogP contribution in [0.2, 0.25) is 5.02 Å². The average molecular weight is 339 g/mol. The minimum absolute atomic E-state index is 0.0197. The summed E-state index contributed by atoms with van der Waals surface area (Å²) in [5.74, 6) is -0.798. The van der Waals surface area contributed by atoms with Crippen molar-refractivity contribution in [1.82, 2.24) is 9.80 Å². The molecule has 126 valence electrons. The number of amides is 1. The minimum Gasteiger partial charge on any atom is -0.480 e. The lowest BCUT2D eigenvalue weighted by atomic mass is 10.1. The molecule has 1 aliphatic heterocycles. The second kappa shape index (κ2) is 7.79. The molecule has 1 aromatic carbocycles. The van der Waals surface area contributed by atoms with Crippen molar-refractivity contribution < 1.29 is 14.7 Å². The molecule has 1 N–H and O–H groups in total. The van der Waals surface area contributed by atoms with Crippen LogP contribution in [-0.2, 0) is 4.79 Å². The van der Waals surface area contributed by atoms with E-state index in [1.54, 1.807) is 12.1 Å². The molecule has 0 spiro atoms. The van der Waals surface area contributed by atoms with Crippen molar-refractivity contribution in [2.45, 2.75) is 32.2 Å². The van der Waals surface area contributed by atoms with E-state index in [-0.39, 0.29) is 18.5 Å². The molecule has 0 radical (unpaired) electrons. The van der Waals surface area contributed by atoms with Gasteiger partial charge < -0.3 is 10.0 Å². The molecular formula is C17H23ClN2O3. The van der Waals surface area contributed by atoms with E-state index < -0.39 is 5.97 Å². The fourth-order valence-corrected chi connectivity index (χ4v) is 3.14. The maximum absolute atomic E-state index is 12.6. The van der Waals surface area contributed by atoms with E-state index in [1.165, 1.54) is 0 Å². The molecule has 23 heavy (non-hydrogen) atoms. The van der Waals surface area contributed by atoms with Gasteiger partial charge in [0.1, 0.15) is 0 Å². The monoisotopic (exact) mass is 338 g/mol. The van der Waals surface area contributed by atoms with Crippen molar-refractivity contribution in [2.75, 3.05) is 26.7 Å². The molecule has 1 amide bonds. The van der Waals surface area contributed by atoms with E-state index in [0.29, 0.717) is 23.7 Å². The zero-order valence-electron chi connectivity index (χ0n) is 13.6. The summed E-state index contributed by atoms with van der Waals surface area (Å²) in [6.45, 7) is 3.28. The predicted octanol–water partition coefficient (Wildman–Crippen LogP) is 2.66. The van der Waals surface area contributed by atoms with Gasteiger partial charge in [-0.15, -0.1) is 0 Å². The van der Waals surface area contributed by atoms with Gasteiger partial charge in [0.25, 0.3) is 5.91 Å². The highest BCUT2D eigenvalue weighted by atomic mass is 35.5. The Balaban J connectivity index is 2.00. The summed E-state index contributed by atoms with van der Waals surface area (Å²) in [5, 5.41) is 9.57. The summed E-state index contributed by atoms with van der Waals surface area (Å²) in [4.78, 5) is 27.2. The van der Waals surface area contributed by atoms with E-state index in [0.717, 1.165) is 24.8 Å². The lowest BCUT2D eigenvalue weighted by Crippen LogP contribution is -2.37. The molecule has 1 aliphatic rings. The quantitative estimate of drug-likeness (QED) is 0.916. The number of carboxylic acids is 1. The second-order valence-corrected chi connectivity index (χ2v) is 6.56. The molecule has 1 saturated heterocycles. The summed E-state index contributed by atoms with van der Waals surface area (Å²) in [6.07, 6.45) is 2.59. The van der Waals surface area contributed by atoms with Crippen LogP contribution in [0.1, 0.15) is 35.2 Å². The molecule has 1 atom stereocenters. The van der Waals surface area contributed by atoms with Crippen LogP contribution in [0.15, 0.2) is 18.2 Å². The van der Waals surface area contributed by atoms with Crippen LogP contribution in [0.3, 0.4) is 0 Å². The highest BCUT2D eigenvalue weighted by Gasteiger charge is 2.24. The number of carbonyl (C=O) groups excluding carboxylic acids is 1. The van der Waals surface area contributed by atoms with Crippen molar-refractivity contribution in [1.29, 1.82) is 0 Å². The molecule has 6 heteroatoms. The largest absolute Gasteiger partial charge is 0.480 e. The molecule has 0 saturated carbocycles. The Bertz CT molecular complexity index is 591. The van der Waals surface area contributed by atoms with Crippen LogP contribution in [0.5, 0.6) is 0 Å². The van der Waals surface area contributed by atoms with Crippen LogP contribution in [0.25, 0.3) is 0 Å². The standard InChI is InChI=1S/C17H23ClN2O3/c1-12-10-13(5-6-15(12)18)17(23)20-8-3-4-14(7-9-20)19(2)11-16(21)22/h5-6,10,14H,3-4,7-9,11H2,1-2H3,(H,21,22). The Labute approximate surface area is 141 Å². The molecule has 0 aromatic heterocycles. The van der Waals surface area contributed by atoms with Crippen LogP contribution in [-0.4, -0.2) is 59.5 Å². The zero-order valence-corrected chi connectivity index (χ0v) is 14.3. The summed E-state index contributed by atoms with van der Waals surface area (Å²) < 4.78 is 0. The molecule has 1 unspecified atom stereocenters. The van der Waals surface area contributed by atoms with Crippen molar-refractivity contribution in [3.63, 3.8) is 0 Å². The van der Waals surface area contributed by atoms with Crippen molar-refractivity contribution in [3.05, 3.63) is 34.3 Å². The Morgan fingerprint density at radius 1 is 1.35 bits per heavy atom. The maximum atomic E-state index is 12.6. The SMILES string of the molecule is Cc1cc(C(=O)N2CCCC(N(C)CC(=O)O)CC2)ccc1Cl. The lowest BCUT2D eigenvalue weighted by molar-refractivity contribution is -0.138. The second-order valence-electron chi connectivity index (χ2n) is 6.15. The number of benzene rings is 1. The molecule has 5 nitrogen and oxygen atoms in total. The number of aryl methyl sites for hydroxylation is 1. The smallest absolute Gasteiger partial charge is 0.317 e. The third-order valence-electron chi connectivity index (χ3n) is 4.40. The number of hydrogen-bond donors (Lipinski definition) is 1. The van der Waals surface area contributed by atoms with Gasteiger partial charge in [-0.2, -0.15) is 0 Å². The van der Waals surface area contributed by atoms with Crippen LogP contribution < -0.4 is 0 Å².